The average molecular weight is 491 g/mol. The molecule has 0 aliphatic carbocycles. The fourth-order valence-electron chi connectivity index (χ4n) is 3.58. The first-order valence-electron chi connectivity index (χ1n) is 9.92. The van der Waals surface area contributed by atoms with Crippen LogP contribution in [0.5, 0.6) is 17.2 Å². The summed E-state index contributed by atoms with van der Waals surface area (Å²) in [6, 6.07) is 21.7. The van der Waals surface area contributed by atoms with Gasteiger partial charge in [-0.1, -0.05) is 30.3 Å². The summed E-state index contributed by atoms with van der Waals surface area (Å²) in [5, 5.41) is 9.74. The van der Waals surface area contributed by atoms with Crippen LogP contribution in [0.2, 0.25) is 0 Å². The van der Waals surface area contributed by atoms with E-state index in [-0.39, 0.29) is 5.88 Å². The molecule has 0 bridgehead atoms. The Morgan fingerprint density at radius 1 is 1.12 bits per heavy atom. The van der Waals surface area contributed by atoms with E-state index in [9.17, 15) is 10.1 Å². The molecule has 0 saturated carbocycles. The van der Waals surface area contributed by atoms with Gasteiger partial charge in [0.25, 0.3) is 0 Å². The van der Waals surface area contributed by atoms with Crippen molar-refractivity contribution in [3.05, 3.63) is 99.3 Å². The van der Waals surface area contributed by atoms with Crippen LogP contribution in [0.1, 0.15) is 34.3 Å². The number of esters is 1. The van der Waals surface area contributed by atoms with Gasteiger partial charge in [-0.05, 0) is 58.7 Å². The lowest BCUT2D eigenvalue weighted by Gasteiger charge is -2.27. The zero-order valence-corrected chi connectivity index (χ0v) is 18.8. The van der Waals surface area contributed by atoms with Gasteiger partial charge in [-0.25, -0.2) is 4.79 Å². The SMILES string of the molecule is CCOc1cccc(C2C(C#N)=C(N)Oc3cc(OC(=O)c4ccccc4Br)ccc32)c1. The molecule has 0 amide bonds. The van der Waals surface area contributed by atoms with Gasteiger partial charge < -0.3 is 19.9 Å². The average Bonchev–Trinajstić information content (AvgIpc) is 2.78. The Morgan fingerprint density at radius 2 is 1.94 bits per heavy atom. The highest BCUT2D eigenvalue weighted by atomic mass is 79.9. The highest BCUT2D eigenvalue weighted by molar-refractivity contribution is 9.10. The smallest absolute Gasteiger partial charge is 0.344 e. The van der Waals surface area contributed by atoms with Crippen molar-refractivity contribution < 1.29 is 19.0 Å². The monoisotopic (exact) mass is 490 g/mol. The summed E-state index contributed by atoms with van der Waals surface area (Å²) in [5.41, 5.74) is 8.38. The van der Waals surface area contributed by atoms with Crippen molar-refractivity contribution in [1.82, 2.24) is 0 Å². The van der Waals surface area contributed by atoms with Crippen molar-refractivity contribution in [2.24, 2.45) is 5.73 Å². The number of benzene rings is 3. The van der Waals surface area contributed by atoms with Crippen molar-refractivity contribution >= 4 is 21.9 Å². The number of nitriles is 1. The Kier molecular flexibility index (Phi) is 6.15. The summed E-state index contributed by atoms with van der Waals surface area (Å²) in [4.78, 5) is 12.6. The van der Waals surface area contributed by atoms with E-state index in [2.05, 4.69) is 22.0 Å². The fourth-order valence-corrected chi connectivity index (χ4v) is 4.03. The van der Waals surface area contributed by atoms with Gasteiger partial charge in [0.05, 0.1) is 18.1 Å². The number of nitrogens with two attached hydrogens (primary N) is 1. The van der Waals surface area contributed by atoms with Gasteiger partial charge in [0.1, 0.15) is 28.9 Å². The van der Waals surface area contributed by atoms with Crippen LogP contribution >= 0.6 is 15.9 Å². The second-order valence-electron chi connectivity index (χ2n) is 7.00. The van der Waals surface area contributed by atoms with Gasteiger partial charge in [0, 0.05) is 16.1 Å². The molecule has 0 spiro atoms. The van der Waals surface area contributed by atoms with E-state index in [0.29, 0.717) is 39.5 Å². The Hall–Kier alpha value is -3.76. The molecule has 1 heterocycles. The van der Waals surface area contributed by atoms with E-state index in [4.69, 9.17) is 19.9 Å². The number of allylic oxidation sites excluding steroid dienone is 1. The molecule has 0 radical (unpaired) electrons. The Labute approximate surface area is 194 Å². The number of carbonyl (C=O) groups is 1. The number of nitrogens with zero attached hydrogens (tertiary/aromatic N) is 1. The summed E-state index contributed by atoms with van der Waals surface area (Å²) in [6.45, 7) is 2.44. The molecule has 1 aliphatic heterocycles. The van der Waals surface area contributed by atoms with Crippen LogP contribution in [0.3, 0.4) is 0 Å². The number of rotatable bonds is 5. The van der Waals surface area contributed by atoms with Crippen molar-refractivity contribution in [2.75, 3.05) is 6.61 Å². The Balaban J connectivity index is 1.70. The minimum atomic E-state index is -0.504. The number of hydrogen-bond donors (Lipinski definition) is 1. The van der Waals surface area contributed by atoms with Crippen molar-refractivity contribution in [3.63, 3.8) is 0 Å². The van der Waals surface area contributed by atoms with Gasteiger partial charge in [-0.2, -0.15) is 5.26 Å². The summed E-state index contributed by atoms with van der Waals surface area (Å²) in [5.74, 6) is 0.506. The summed E-state index contributed by atoms with van der Waals surface area (Å²) >= 11 is 3.35. The third-order valence-electron chi connectivity index (χ3n) is 5.00. The van der Waals surface area contributed by atoms with Gasteiger partial charge in [-0.15, -0.1) is 0 Å². The van der Waals surface area contributed by atoms with Crippen LogP contribution in [0.25, 0.3) is 0 Å². The maximum atomic E-state index is 12.6. The van der Waals surface area contributed by atoms with Crippen molar-refractivity contribution in [1.29, 1.82) is 5.26 Å². The van der Waals surface area contributed by atoms with E-state index >= 15 is 0 Å². The predicted octanol–water partition coefficient (Wildman–Crippen LogP) is 5.29. The van der Waals surface area contributed by atoms with Gasteiger partial charge in [-0.3, -0.25) is 0 Å². The molecule has 0 saturated heterocycles. The standard InChI is InChI=1S/C25H19BrN2O4/c1-2-30-16-7-5-6-15(12-16)23-19-11-10-17(13-22(19)32-24(28)20(23)14-27)31-25(29)18-8-3-4-9-21(18)26/h3-13,23H,2,28H2,1H3. The molecule has 1 aliphatic rings. The first kappa shape index (κ1) is 21.5. The maximum Gasteiger partial charge on any atom is 0.344 e. The lowest BCUT2D eigenvalue weighted by atomic mass is 9.83. The molecule has 32 heavy (non-hydrogen) atoms. The minimum Gasteiger partial charge on any atom is -0.494 e. The molecule has 0 fully saturated rings. The molecule has 0 aromatic heterocycles. The first-order chi connectivity index (χ1) is 15.5. The van der Waals surface area contributed by atoms with Crippen LogP contribution in [0.15, 0.2) is 82.7 Å². The van der Waals surface area contributed by atoms with E-state index in [1.54, 1.807) is 36.4 Å². The molecule has 2 N–H and O–H groups in total. The number of hydrogen-bond acceptors (Lipinski definition) is 6. The number of ether oxygens (including phenoxy) is 3. The molecule has 160 valence electrons. The Bertz CT molecular complexity index is 1260. The topological polar surface area (TPSA) is 94.6 Å². The number of carbonyl (C=O) groups excluding carboxylic acids is 1. The second kappa shape index (κ2) is 9.16. The lowest BCUT2D eigenvalue weighted by molar-refractivity contribution is 0.0733. The van der Waals surface area contributed by atoms with E-state index < -0.39 is 11.9 Å². The third kappa shape index (κ3) is 4.18. The minimum absolute atomic E-state index is 0.0149. The molecular weight excluding hydrogens is 472 g/mol. The molecule has 3 aromatic rings. The van der Waals surface area contributed by atoms with Crippen molar-refractivity contribution in [2.45, 2.75) is 12.8 Å². The van der Waals surface area contributed by atoms with Crippen LogP contribution in [-0.2, 0) is 0 Å². The molecule has 4 rings (SSSR count). The normalized spacial score (nSPS) is 14.7. The van der Waals surface area contributed by atoms with Gasteiger partial charge in [0.2, 0.25) is 5.88 Å². The van der Waals surface area contributed by atoms with E-state index in [0.717, 1.165) is 11.1 Å². The lowest BCUT2D eigenvalue weighted by Crippen LogP contribution is -2.21. The third-order valence-corrected chi connectivity index (χ3v) is 5.69. The molecular formula is C25H19BrN2O4. The highest BCUT2D eigenvalue weighted by Crippen LogP contribution is 2.44. The molecule has 3 aromatic carbocycles. The van der Waals surface area contributed by atoms with Crippen LogP contribution in [0, 0.1) is 11.3 Å². The molecule has 1 atom stereocenters. The summed E-state index contributed by atoms with van der Waals surface area (Å²) in [7, 11) is 0. The van der Waals surface area contributed by atoms with Crippen LogP contribution in [-0.4, -0.2) is 12.6 Å². The van der Waals surface area contributed by atoms with Crippen LogP contribution < -0.4 is 19.9 Å². The second-order valence-corrected chi connectivity index (χ2v) is 7.85. The highest BCUT2D eigenvalue weighted by Gasteiger charge is 2.31. The van der Waals surface area contributed by atoms with Gasteiger partial charge in [0.15, 0.2) is 0 Å². The van der Waals surface area contributed by atoms with Crippen molar-refractivity contribution in [3.8, 4) is 23.3 Å². The zero-order chi connectivity index (χ0) is 22.7. The van der Waals surface area contributed by atoms with Crippen LogP contribution in [0.4, 0.5) is 0 Å². The Morgan fingerprint density at radius 3 is 2.69 bits per heavy atom. The number of halogens is 1. The molecule has 6 nitrogen and oxygen atoms in total. The summed E-state index contributed by atoms with van der Waals surface area (Å²) in [6.07, 6.45) is 0. The maximum absolute atomic E-state index is 12.6. The summed E-state index contributed by atoms with van der Waals surface area (Å²) < 4.78 is 17.5. The quantitative estimate of drug-likeness (QED) is 0.385. The molecule has 7 heteroatoms. The largest absolute Gasteiger partial charge is 0.494 e. The van der Waals surface area contributed by atoms with E-state index in [1.165, 1.54) is 0 Å². The first-order valence-corrected chi connectivity index (χ1v) is 10.7. The zero-order valence-electron chi connectivity index (χ0n) is 17.2. The predicted molar refractivity (Wildman–Crippen MR) is 122 cm³/mol. The molecule has 1 unspecified atom stereocenters. The van der Waals surface area contributed by atoms with E-state index in [1.807, 2.05) is 37.3 Å². The van der Waals surface area contributed by atoms with Gasteiger partial charge >= 0.3 is 5.97 Å². The fraction of sp³-hybridized carbons (Fsp3) is 0.120. The number of fused-ring (bicyclic) bond motifs is 1.